The van der Waals surface area contributed by atoms with Crippen molar-refractivity contribution < 1.29 is 14.6 Å². The fourth-order valence-electron chi connectivity index (χ4n) is 1.59. The lowest BCUT2D eigenvalue weighted by molar-refractivity contribution is -0.119. The summed E-state index contributed by atoms with van der Waals surface area (Å²) < 4.78 is 5.27. The third kappa shape index (κ3) is 1.33. The van der Waals surface area contributed by atoms with Gasteiger partial charge in [-0.25, -0.2) is 0 Å². The predicted molar refractivity (Wildman–Crippen MR) is 51.2 cm³/mol. The molecule has 4 nitrogen and oxygen atoms in total. The lowest BCUT2D eigenvalue weighted by Gasteiger charge is -2.32. The van der Waals surface area contributed by atoms with E-state index in [0.29, 0.717) is 6.61 Å². The standard InChI is InChI=1S/C10H11NO3/c1-11-9-3-2-8(13)4-7(9)6-14-10(11)5-12/h2-5,10,13H,6H2,1H3. The number of phenolic OH excluding ortho intramolecular Hbond substituents is 1. The van der Waals surface area contributed by atoms with E-state index < -0.39 is 6.23 Å². The van der Waals surface area contributed by atoms with Crippen LogP contribution in [0.25, 0.3) is 0 Å². The Morgan fingerprint density at radius 1 is 1.64 bits per heavy atom. The number of benzene rings is 1. The minimum atomic E-state index is -0.521. The van der Waals surface area contributed by atoms with E-state index >= 15 is 0 Å². The second kappa shape index (κ2) is 3.31. The van der Waals surface area contributed by atoms with Gasteiger partial charge in [-0.15, -0.1) is 0 Å². The third-order valence-electron chi connectivity index (χ3n) is 2.35. The van der Waals surface area contributed by atoms with E-state index in [1.807, 2.05) is 0 Å². The number of nitrogens with zero attached hydrogens (tertiary/aromatic N) is 1. The number of hydrogen-bond acceptors (Lipinski definition) is 4. The van der Waals surface area contributed by atoms with Gasteiger partial charge in [0.15, 0.2) is 12.5 Å². The van der Waals surface area contributed by atoms with E-state index in [2.05, 4.69) is 0 Å². The summed E-state index contributed by atoms with van der Waals surface area (Å²) in [5.74, 6) is 0.213. The summed E-state index contributed by atoms with van der Waals surface area (Å²) in [5, 5.41) is 9.25. The second-order valence-electron chi connectivity index (χ2n) is 3.26. The van der Waals surface area contributed by atoms with E-state index in [9.17, 15) is 9.90 Å². The van der Waals surface area contributed by atoms with Crippen LogP contribution in [0.15, 0.2) is 18.2 Å². The fraction of sp³-hybridized carbons (Fsp3) is 0.300. The summed E-state index contributed by atoms with van der Waals surface area (Å²) in [6.07, 6.45) is 0.238. The Morgan fingerprint density at radius 2 is 2.43 bits per heavy atom. The molecule has 0 amide bonds. The first kappa shape index (κ1) is 9.02. The van der Waals surface area contributed by atoms with E-state index in [-0.39, 0.29) is 5.75 Å². The number of aldehydes is 1. The van der Waals surface area contributed by atoms with E-state index in [4.69, 9.17) is 4.74 Å². The van der Waals surface area contributed by atoms with Gasteiger partial charge in [-0.2, -0.15) is 0 Å². The Balaban J connectivity index is 2.40. The Bertz CT molecular complexity index is 364. The van der Waals surface area contributed by atoms with Crippen molar-refractivity contribution in [2.45, 2.75) is 12.8 Å². The summed E-state index contributed by atoms with van der Waals surface area (Å²) in [5.41, 5.74) is 1.82. The van der Waals surface area contributed by atoms with Crippen LogP contribution in [0.4, 0.5) is 5.69 Å². The Kier molecular flexibility index (Phi) is 2.13. The molecule has 0 saturated heterocycles. The van der Waals surface area contributed by atoms with Crippen LogP contribution in [0.3, 0.4) is 0 Å². The SMILES string of the molecule is CN1c2ccc(O)cc2COC1C=O. The number of phenols is 1. The van der Waals surface area contributed by atoms with Crippen LogP contribution in [0.2, 0.25) is 0 Å². The van der Waals surface area contributed by atoms with Crippen LogP contribution in [0.5, 0.6) is 5.75 Å². The van der Waals surface area contributed by atoms with Gasteiger partial charge in [0.25, 0.3) is 0 Å². The van der Waals surface area contributed by atoms with Gasteiger partial charge in [-0.1, -0.05) is 0 Å². The number of aromatic hydroxyl groups is 1. The van der Waals surface area contributed by atoms with Crippen molar-refractivity contribution in [2.75, 3.05) is 11.9 Å². The summed E-state index contributed by atoms with van der Waals surface area (Å²) in [6, 6.07) is 5.03. The Morgan fingerprint density at radius 3 is 3.14 bits per heavy atom. The molecule has 1 heterocycles. The summed E-state index contributed by atoms with van der Waals surface area (Å²) in [4.78, 5) is 12.4. The highest BCUT2D eigenvalue weighted by Crippen LogP contribution is 2.29. The number of ether oxygens (including phenoxy) is 1. The van der Waals surface area contributed by atoms with Crippen molar-refractivity contribution in [2.24, 2.45) is 0 Å². The molecule has 0 bridgehead atoms. The molecule has 0 radical (unpaired) electrons. The van der Waals surface area contributed by atoms with Crippen molar-refractivity contribution in [1.82, 2.24) is 0 Å². The average molecular weight is 193 g/mol. The topological polar surface area (TPSA) is 49.8 Å². The maximum Gasteiger partial charge on any atom is 0.186 e. The molecular weight excluding hydrogens is 182 g/mol. The van der Waals surface area contributed by atoms with E-state index in [1.165, 1.54) is 0 Å². The summed E-state index contributed by atoms with van der Waals surface area (Å²) in [7, 11) is 1.79. The molecule has 0 aromatic heterocycles. The van der Waals surface area contributed by atoms with Crippen LogP contribution in [-0.4, -0.2) is 24.7 Å². The molecule has 14 heavy (non-hydrogen) atoms. The van der Waals surface area contributed by atoms with Crippen LogP contribution in [-0.2, 0) is 16.1 Å². The molecule has 1 aliphatic rings. The number of hydrogen-bond donors (Lipinski definition) is 1. The van der Waals surface area contributed by atoms with Gasteiger partial charge in [0.05, 0.1) is 6.61 Å². The van der Waals surface area contributed by atoms with E-state index in [1.54, 1.807) is 30.1 Å². The van der Waals surface area contributed by atoms with Gasteiger partial charge in [0.2, 0.25) is 0 Å². The predicted octanol–water partition coefficient (Wildman–Crippen LogP) is 0.884. The normalized spacial score (nSPS) is 20.4. The van der Waals surface area contributed by atoms with Crippen LogP contribution in [0.1, 0.15) is 5.56 Å². The average Bonchev–Trinajstić information content (AvgIpc) is 2.18. The number of carbonyl (C=O) groups excluding carboxylic acids is 1. The molecular formula is C10H11NO3. The molecule has 2 rings (SSSR count). The molecule has 1 unspecified atom stereocenters. The molecule has 0 saturated carbocycles. The van der Waals surface area contributed by atoms with Crippen molar-refractivity contribution in [3.63, 3.8) is 0 Å². The zero-order valence-corrected chi connectivity index (χ0v) is 7.80. The second-order valence-corrected chi connectivity index (χ2v) is 3.26. The molecule has 0 fully saturated rings. The van der Waals surface area contributed by atoms with Crippen LogP contribution >= 0.6 is 0 Å². The molecule has 1 N–H and O–H groups in total. The van der Waals surface area contributed by atoms with Gasteiger partial charge in [0, 0.05) is 18.3 Å². The highest BCUT2D eigenvalue weighted by molar-refractivity contribution is 5.67. The zero-order valence-electron chi connectivity index (χ0n) is 7.80. The summed E-state index contributed by atoms with van der Waals surface area (Å²) in [6.45, 7) is 0.359. The number of likely N-dealkylation sites (N-methyl/N-ethyl adjacent to an activating group) is 1. The van der Waals surface area contributed by atoms with E-state index in [0.717, 1.165) is 17.5 Å². The smallest absolute Gasteiger partial charge is 0.186 e. The third-order valence-corrected chi connectivity index (χ3v) is 2.35. The van der Waals surface area contributed by atoms with Crippen molar-refractivity contribution in [3.05, 3.63) is 23.8 Å². The van der Waals surface area contributed by atoms with Crippen molar-refractivity contribution >= 4 is 12.0 Å². The lowest BCUT2D eigenvalue weighted by atomic mass is 10.1. The van der Waals surface area contributed by atoms with Gasteiger partial charge in [-0.05, 0) is 18.2 Å². The molecule has 1 aliphatic heterocycles. The Labute approximate surface area is 81.7 Å². The first-order valence-corrected chi connectivity index (χ1v) is 4.34. The molecule has 0 spiro atoms. The number of fused-ring (bicyclic) bond motifs is 1. The minimum Gasteiger partial charge on any atom is -0.508 e. The first-order valence-electron chi connectivity index (χ1n) is 4.34. The highest BCUT2D eigenvalue weighted by Gasteiger charge is 2.23. The minimum absolute atomic E-state index is 0.213. The maximum atomic E-state index is 10.6. The van der Waals surface area contributed by atoms with Gasteiger partial charge in [0.1, 0.15) is 5.75 Å². The number of anilines is 1. The van der Waals surface area contributed by atoms with Crippen molar-refractivity contribution in [3.8, 4) is 5.75 Å². The Hall–Kier alpha value is -1.55. The van der Waals surface area contributed by atoms with Gasteiger partial charge in [-0.3, -0.25) is 4.79 Å². The fourth-order valence-corrected chi connectivity index (χ4v) is 1.59. The highest BCUT2D eigenvalue weighted by atomic mass is 16.5. The van der Waals surface area contributed by atoms with Gasteiger partial charge < -0.3 is 14.7 Å². The molecule has 1 aromatic rings. The molecule has 0 aliphatic carbocycles. The van der Waals surface area contributed by atoms with Crippen LogP contribution in [0, 0.1) is 0 Å². The van der Waals surface area contributed by atoms with Crippen molar-refractivity contribution in [1.29, 1.82) is 0 Å². The molecule has 1 aromatic carbocycles. The number of rotatable bonds is 1. The quantitative estimate of drug-likeness (QED) is 0.673. The van der Waals surface area contributed by atoms with Gasteiger partial charge >= 0.3 is 0 Å². The van der Waals surface area contributed by atoms with Crippen LogP contribution < -0.4 is 4.90 Å². The molecule has 1 atom stereocenters. The monoisotopic (exact) mass is 193 g/mol. The lowest BCUT2D eigenvalue weighted by Crippen LogP contribution is -2.39. The zero-order chi connectivity index (χ0) is 10.1. The first-order chi connectivity index (χ1) is 6.72. The maximum absolute atomic E-state index is 10.6. The number of carbonyl (C=O) groups is 1. The summed E-state index contributed by atoms with van der Waals surface area (Å²) >= 11 is 0. The molecule has 4 heteroatoms. The largest absolute Gasteiger partial charge is 0.508 e. The molecule has 74 valence electrons.